The number of aryl methyl sites for hydroxylation is 1. The SMILES string of the molecule is Cc1cc(Cl)c(-n2nc(-c3ccccc3)cc2NS(C)(=O)=O)c(Cl)c1. The summed E-state index contributed by atoms with van der Waals surface area (Å²) in [5.41, 5.74) is 2.76. The zero-order valence-corrected chi connectivity index (χ0v) is 15.8. The fourth-order valence-corrected chi connectivity index (χ4v) is 3.74. The van der Waals surface area contributed by atoms with Crippen molar-refractivity contribution in [3.63, 3.8) is 0 Å². The van der Waals surface area contributed by atoms with Crippen LogP contribution in [-0.2, 0) is 10.0 Å². The molecule has 0 saturated heterocycles. The van der Waals surface area contributed by atoms with Crippen molar-refractivity contribution in [1.29, 1.82) is 0 Å². The molecule has 0 saturated carbocycles. The molecule has 0 aliphatic rings. The van der Waals surface area contributed by atoms with E-state index in [4.69, 9.17) is 23.2 Å². The summed E-state index contributed by atoms with van der Waals surface area (Å²) in [6.07, 6.45) is 1.07. The second-order valence-corrected chi connectivity index (χ2v) is 8.21. The summed E-state index contributed by atoms with van der Waals surface area (Å²) in [7, 11) is -3.51. The predicted octanol–water partition coefficient (Wildman–Crippen LogP) is 4.53. The molecule has 1 heterocycles. The van der Waals surface area contributed by atoms with Crippen LogP contribution in [0.25, 0.3) is 16.9 Å². The van der Waals surface area contributed by atoms with Crippen LogP contribution in [0.2, 0.25) is 10.0 Å². The third-order valence-corrected chi connectivity index (χ3v) is 4.60. The minimum absolute atomic E-state index is 0.258. The molecule has 0 atom stereocenters. The van der Waals surface area contributed by atoms with E-state index < -0.39 is 10.0 Å². The van der Waals surface area contributed by atoms with Gasteiger partial charge in [-0.15, -0.1) is 0 Å². The van der Waals surface area contributed by atoms with E-state index in [0.717, 1.165) is 17.4 Å². The van der Waals surface area contributed by atoms with Gasteiger partial charge in [-0.05, 0) is 24.6 Å². The largest absolute Gasteiger partial charge is 0.267 e. The van der Waals surface area contributed by atoms with Crippen LogP contribution in [0.1, 0.15) is 5.56 Å². The Kier molecular flexibility index (Phi) is 4.77. The highest BCUT2D eigenvalue weighted by Crippen LogP contribution is 2.34. The monoisotopic (exact) mass is 395 g/mol. The number of nitrogens with one attached hydrogen (secondary N) is 1. The van der Waals surface area contributed by atoms with Crippen LogP contribution in [0.15, 0.2) is 48.5 Å². The molecule has 0 bridgehead atoms. The Bertz CT molecular complexity index is 1010. The summed E-state index contributed by atoms with van der Waals surface area (Å²) in [5.74, 6) is 0.258. The summed E-state index contributed by atoms with van der Waals surface area (Å²) in [6, 6.07) is 14.6. The number of aromatic nitrogens is 2. The Labute approximate surface area is 156 Å². The van der Waals surface area contributed by atoms with E-state index in [-0.39, 0.29) is 5.82 Å². The maximum absolute atomic E-state index is 11.7. The van der Waals surface area contributed by atoms with Gasteiger partial charge in [-0.3, -0.25) is 4.72 Å². The first-order valence-electron chi connectivity index (χ1n) is 7.34. The van der Waals surface area contributed by atoms with Crippen molar-refractivity contribution >= 4 is 39.0 Å². The van der Waals surface area contributed by atoms with E-state index in [1.54, 1.807) is 18.2 Å². The first kappa shape index (κ1) is 17.8. The number of rotatable bonds is 4. The number of benzene rings is 2. The summed E-state index contributed by atoms with van der Waals surface area (Å²) in [6.45, 7) is 1.87. The smallest absolute Gasteiger partial charge is 0.230 e. The molecule has 25 heavy (non-hydrogen) atoms. The summed E-state index contributed by atoms with van der Waals surface area (Å²) in [4.78, 5) is 0. The highest BCUT2D eigenvalue weighted by molar-refractivity contribution is 7.92. The first-order chi connectivity index (χ1) is 11.7. The maximum atomic E-state index is 11.7. The number of anilines is 1. The Morgan fingerprint density at radius 3 is 2.20 bits per heavy atom. The Morgan fingerprint density at radius 1 is 1.04 bits per heavy atom. The van der Waals surface area contributed by atoms with Crippen molar-refractivity contribution in [3.05, 3.63) is 64.1 Å². The van der Waals surface area contributed by atoms with Crippen LogP contribution >= 0.6 is 23.2 Å². The highest BCUT2D eigenvalue weighted by atomic mass is 35.5. The lowest BCUT2D eigenvalue weighted by Crippen LogP contribution is -2.14. The molecule has 1 N–H and O–H groups in total. The van der Waals surface area contributed by atoms with Gasteiger partial charge in [0.25, 0.3) is 0 Å². The molecule has 130 valence electrons. The van der Waals surface area contributed by atoms with Crippen molar-refractivity contribution in [2.24, 2.45) is 0 Å². The molecule has 2 aromatic carbocycles. The zero-order chi connectivity index (χ0) is 18.2. The molecule has 0 aliphatic heterocycles. The lowest BCUT2D eigenvalue weighted by Gasteiger charge is -2.12. The predicted molar refractivity (Wildman–Crippen MR) is 102 cm³/mol. The van der Waals surface area contributed by atoms with Crippen molar-refractivity contribution in [2.75, 3.05) is 11.0 Å². The zero-order valence-electron chi connectivity index (χ0n) is 13.5. The van der Waals surface area contributed by atoms with Gasteiger partial charge in [0.15, 0.2) is 0 Å². The van der Waals surface area contributed by atoms with Gasteiger partial charge in [-0.25, -0.2) is 13.1 Å². The molecule has 3 rings (SSSR count). The lowest BCUT2D eigenvalue weighted by molar-refractivity contribution is 0.606. The van der Waals surface area contributed by atoms with E-state index in [9.17, 15) is 8.42 Å². The molecular weight excluding hydrogens is 381 g/mol. The lowest BCUT2D eigenvalue weighted by atomic mass is 10.2. The van der Waals surface area contributed by atoms with Gasteiger partial charge >= 0.3 is 0 Å². The summed E-state index contributed by atoms with van der Waals surface area (Å²) >= 11 is 12.7. The highest BCUT2D eigenvalue weighted by Gasteiger charge is 2.18. The fourth-order valence-electron chi connectivity index (χ4n) is 2.46. The molecular formula is C17H15Cl2N3O2S. The third kappa shape index (κ3) is 3.98. The van der Waals surface area contributed by atoms with Gasteiger partial charge in [0.1, 0.15) is 11.5 Å². The maximum Gasteiger partial charge on any atom is 0.230 e. The van der Waals surface area contributed by atoms with Crippen molar-refractivity contribution in [1.82, 2.24) is 9.78 Å². The van der Waals surface area contributed by atoms with Crippen LogP contribution in [0.3, 0.4) is 0 Å². The Balaban J connectivity index is 2.23. The number of nitrogens with zero attached hydrogens (tertiary/aromatic N) is 2. The molecule has 0 aliphatic carbocycles. The summed E-state index contributed by atoms with van der Waals surface area (Å²) < 4.78 is 27.3. The standard InChI is InChI=1S/C17H15Cl2N3O2S/c1-11-8-13(18)17(14(19)9-11)22-16(21-25(2,23)24)10-15(20-22)12-6-4-3-5-7-12/h3-10,21H,1-2H3. The summed E-state index contributed by atoms with van der Waals surface area (Å²) in [5, 5.41) is 5.26. The molecule has 0 fully saturated rings. The molecule has 8 heteroatoms. The Hall–Kier alpha value is -2.02. The molecule has 0 amide bonds. The van der Waals surface area contributed by atoms with Gasteiger partial charge in [0.2, 0.25) is 10.0 Å². The number of hydrogen-bond acceptors (Lipinski definition) is 3. The second-order valence-electron chi connectivity index (χ2n) is 5.64. The van der Waals surface area contributed by atoms with E-state index >= 15 is 0 Å². The van der Waals surface area contributed by atoms with Crippen LogP contribution < -0.4 is 4.72 Å². The molecule has 0 radical (unpaired) electrons. The van der Waals surface area contributed by atoms with Gasteiger partial charge in [-0.2, -0.15) is 5.10 Å². The van der Waals surface area contributed by atoms with Crippen LogP contribution in [0.4, 0.5) is 5.82 Å². The normalized spacial score (nSPS) is 11.5. The van der Waals surface area contributed by atoms with Crippen molar-refractivity contribution < 1.29 is 8.42 Å². The van der Waals surface area contributed by atoms with Crippen LogP contribution in [0.5, 0.6) is 0 Å². The van der Waals surface area contributed by atoms with Crippen molar-refractivity contribution in [2.45, 2.75) is 6.92 Å². The van der Waals surface area contributed by atoms with E-state index in [2.05, 4.69) is 9.82 Å². The Morgan fingerprint density at radius 2 is 1.64 bits per heavy atom. The number of sulfonamides is 1. The van der Waals surface area contributed by atoms with Gasteiger partial charge in [0.05, 0.1) is 22.0 Å². The molecule has 5 nitrogen and oxygen atoms in total. The molecule has 0 unspecified atom stereocenters. The van der Waals surface area contributed by atoms with E-state index in [1.165, 1.54) is 4.68 Å². The molecule has 0 spiro atoms. The van der Waals surface area contributed by atoms with Crippen molar-refractivity contribution in [3.8, 4) is 16.9 Å². The average Bonchev–Trinajstić information content (AvgIpc) is 2.89. The van der Waals surface area contributed by atoms with Crippen LogP contribution in [0, 0.1) is 6.92 Å². The van der Waals surface area contributed by atoms with E-state index in [1.807, 2.05) is 37.3 Å². The average molecular weight is 396 g/mol. The first-order valence-corrected chi connectivity index (χ1v) is 9.98. The quantitative estimate of drug-likeness (QED) is 0.705. The number of halogens is 2. The van der Waals surface area contributed by atoms with Crippen LogP contribution in [-0.4, -0.2) is 24.5 Å². The van der Waals surface area contributed by atoms with Gasteiger partial charge in [-0.1, -0.05) is 53.5 Å². The minimum atomic E-state index is -3.51. The molecule has 3 aromatic rings. The third-order valence-electron chi connectivity index (χ3n) is 3.44. The topological polar surface area (TPSA) is 64.0 Å². The number of hydrogen-bond donors (Lipinski definition) is 1. The fraction of sp³-hybridized carbons (Fsp3) is 0.118. The molecule has 1 aromatic heterocycles. The second kappa shape index (κ2) is 6.71. The minimum Gasteiger partial charge on any atom is -0.267 e. The van der Waals surface area contributed by atoms with Gasteiger partial charge < -0.3 is 0 Å². The van der Waals surface area contributed by atoms with E-state index in [0.29, 0.717) is 21.4 Å². The van der Waals surface area contributed by atoms with Gasteiger partial charge in [0, 0.05) is 11.6 Å².